The monoisotopic (exact) mass is 236 g/mol. The molecule has 3 N–H and O–H groups in total. The molecule has 0 fully saturated rings. The van der Waals surface area contributed by atoms with E-state index in [0.717, 1.165) is 30.0 Å². The van der Waals surface area contributed by atoms with Gasteiger partial charge in [-0.1, -0.05) is 20.8 Å². The van der Waals surface area contributed by atoms with E-state index in [9.17, 15) is 0 Å². The summed E-state index contributed by atoms with van der Waals surface area (Å²) < 4.78 is 0. The van der Waals surface area contributed by atoms with E-state index in [0.29, 0.717) is 17.8 Å². The van der Waals surface area contributed by atoms with E-state index in [1.807, 2.05) is 6.92 Å². The number of aryl methyl sites for hydroxylation is 1. The standard InChI is InChI=1S/C13H24N4/c1-6-7-11-16-12(14)9(4)13(17-11)15-10(5)8(2)3/h8,10H,6-7H2,1-5H3,(H3,14,15,16,17). The average Bonchev–Trinajstić information content (AvgIpc) is 2.25. The quantitative estimate of drug-likeness (QED) is 0.825. The highest BCUT2D eigenvalue weighted by atomic mass is 15.1. The zero-order chi connectivity index (χ0) is 13.0. The number of hydrogen-bond donors (Lipinski definition) is 2. The number of hydrogen-bond acceptors (Lipinski definition) is 4. The molecule has 0 saturated carbocycles. The highest BCUT2D eigenvalue weighted by Gasteiger charge is 2.12. The molecule has 0 spiro atoms. The number of nitrogens with zero attached hydrogens (tertiary/aromatic N) is 2. The van der Waals surface area contributed by atoms with Crippen molar-refractivity contribution in [2.75, 3.05) is 11.1 Å². The van der Waals surface area contributed by atoms with E-state index in [4.69, 9.17) is 5.73 Å². The Labute approximate surface area is 104 Å². The molecule has 17 heavy (non-hydrogen) atoms. The first-order valence-electron chi connectivity index (χ1n) is 6.35. The summed E-state index contributed by atoms with van der Waals surface area (Å²) in [6.45, 7) is 10.6. The fraction of sp³-hybridized carbons (Fsp3) is 0.692. The molecule has 1 atom stereocenters. The van der Waals surface area contributed by atoms with Crippen LogP contribution in [0.4, 0.5) is 11.6 Å². The molecule has 0 saturated heterocycles. The van der Waals surface area contributed by atoms with Crippen molar-refractivity contribution in [2.45, 2.75) is 53.5 Å². The normalized spacial score (nSPS) is 12.8. The predicted octanol–water partition coefficient (Wildman–Crippen LogP) is 2.78. The number of nitrogens with one attached hydrogen (secondary N) is 1. The molecule has 1 unspecified atom stereocenters. The van der Waals surface area contributed by atoms with Gasteiger partial charge < -0.3 is 11.1 Å². The van der Waals surface area contributed by atoms with Crippen LogP contribution in [0.2, 0.25) is 0 Å². The topological polar surface area (TPSA) is 63.8 Å². The van der Waals surface area contributed by atoms with Crippen molar-refractivity contribution >= 4 is 11.6 Å². The summed E-state index contributed by atoms with van der Waals surface area (Å²) in [7, 11) is 0. The van der Waals surface area contributed by atoms with Gasteiger partial charge in [0, 0.05) is 18.0 Å². The van der Waals surface area contributed by atoms with Crippen molar-refractivity contribution in [3.63, 3.8) is 0 Å². The van der Waals surface area contributed by atoms with Gasteiger partial charge in [0.25, 0.3) is 0 Å². The largest absolute Gasteiger partial charge is 0.383 e. The zero-order valence-electron chi connectivity index (χ0n) is 11.5. The lowest BCUT2D eigenvalue weighted by Gasteiger charge is -2.20. The van der Waals surface area contributed by atoms with E-state index >= 15 is 0 Å². The van der Waals surface area contributed by atoms with Crippen LogP contribution in [0.5, 0.6) is 0 Å². The molecule has 1 aromatic heterocycles. The summed E-state index contributed by atoms with van der Waals surface area (Å²) in [5.41, 5.74) is 6.85. The fourth-order valence-electron chi connectivity index (χ4n) is 1.44. The van der Waals surface area contributed by atoms with Gasteiger partial charge in [-0.3, -0.25) is 0 Å². The smallest absolute Gasteiger partial charge is 0.134 e. The van der Waals surface area contributed by atoms with Crippen LogP contribution in [-0.2, 0) is 6.42 Å². The SMILES string of the molecule is CCCc1nc(N)c(C)c(NC(C)C(C)C)n1. The van der Waals surface area contributed by atoms with Crippen LogP contribution < -0.4 is 11.1 Å². The van der Waals surface area contributed by atoms with E-state index < -0.39 is 0 Å². The van der Waals surface area contributed by atoms with Crippen LogP contribution in [0.3, 0.4) is 0 Å². The molecule has 0 aromatic carbocycles. The maximum atomic E-state index is 5.91. The second-order valence-corrected chi connectivity index (χ2v) is 4.93. The van der Waals surface area contributed by atoms with Gasteiger partial charge >= 0.3 is 0 Å². The maximum Gasteiger partial charge on any atom is 0.134 e. The first kappa shape index (κ1) is 13.7. The highest BCUT2D eigenvalue weighted by Crippen LogP contribution is 2.20. The number of rotatable bonds is 5. The van der Waals surface area contributed by atoms with Gasteiger partial charge in [-0.25, -0.2) is 9.97 Å². The molecule has 0 aliphatic heterocycles. The molecule has 96 valence electrons. The Bertz CT molecular complexity index is 374. The van der Waals surface area contributed by atoms with Crippen molar-refractivity contribution in [3.8, 4) is 0 Å². The van der Waals surface area contributed by atoms with Gasteiger partial charge in [0.05, 0.1) is 0 Å². The maximum absolute atomic E-state index is 5.91. The summed E-state index contributed by atoms with van der Waals surface area (Å²) in [6.07, 6.45) is 1.90. The van der Waals surface area contributed by atoms with Gasteiger partial charge in [-0.2, -0.15) is 0 Å². The second kappa shape index (κ2) is 5.84. The lowest BCUT2D eigenvalue weighted by Crippen LogP contribution is -2.23. The molecular formula is C13H24N4. The summed E-state index contributed by atoms with van der Waals surface area (Å²) in [6, 6.07) is 0.373. The minimum absolute atomic E-state index is 0.373. The summed E-state index contributed by atoms with van der Waals surface area (Å²) in [4.78, 5) is 8.84. The van der Waals surface area contributed by atoms with Gasteiger partial charge in [0.15, 0.2) is 0 Å². The average molecular weight is 236 g/mol. The molecule has 0 bridgehead atoms. The molecular weight excluding hydrogens is 212 g/mol. The molecule has 0 aliphatic carbocycles. The molecule has 0 radical (unpaired) electrons. The number of aromatic nitrogens is 2. The third kappa shape index (κ3) is 3.58. The first-order chi connectivity index (χ1) is 7.95. The Hall–Kier alpha value is -1.32. The number of nitrogen functional groups attached to an aromatic ring is 1. The molecule has 0 amide bonds. The zero-order valence-corrected chi connectivity index (χ0v) is 11.5. The Balaban J connectivity index is 2.97. The van der Waals surface area contributed by atoms with Crippen molar-refractivity contribution in [1.82, 2.24) is 9.97 Å². The van der Waals surface area contributed by atoms with Crippen LogP contribution in [-0.4, -0.2) is 16.0 Å². The van der Waals surface area contributed by atoms with E-state index in [1.165, 1.54) is 0 Å². The van der Waals surface area contributed by atoms with E-state index in [2.05, 4.69) is 43.0 Å². The molecule has 4 heteroatoms. The van der Waals surface area contributed by atoms with Crippen molar-refractivity contribution in [3.05, 3.63) is 11.4 Å². The highest BCUT2D eigenvalue weighted by molar-refractivity contribution is 5.55. The van der Waals surface area contributed by atoms with Crippen LogP contribution >= 0.6 is 0 Å². The van der Waals surface area contributed by atoms with E-state index in [-0.39, 0.29) is 0 Å². The molecule has 4 nitrogen and oxygen atoms in total. The lowest BCUT2D eigenvalue weighted by atomic mass is 10.1. The summed E-state index contributed by atoms with van der Waals surface area (Å²) in [5.74, 6) is 2.85. The van der Waals surface area contributed by atoms with Gasteiger partial charge in [-0.15, -0.1) is 0 Å². The van der Waals surface area contributed by atoms with Crippen molar-refractivity contribution in [1.29, 1.82) is 0 Å². The first-order valence-corrected chi connectivity index (χ1v) is 6.35. The van der Waals surface area contributed by atoms with Crippen molar-refractivity contribution in [2.24, 2.45) is 5.92 Å². The van der Waals surface area contributed by atoms with Gasteiger partial charge in [-0.05, 0) is 26.2 Å². The fourth-order valence-corrected chi connectivity index (χ4v) is 1.44. The van der Waals surface area contributed by atoms with Gasteiger partial charge in [0.1, 0.15) is 17.5 Å². The summed E-state index contributed by atoms with van der Waals surface area (Å²) in [5, 5.41) is 3.42. The minimum Gasteiger partial charge on any atom is -0.383 e. The second-order valence-electron chi connectivity index (χ2n) is 4.93. The van der Waals surface area contributed by atoms with Crippen LogP contribution in [0.15, 0.2) is 0 Å². The summed E-state index contributed by atoms with van der Waals surface area (Å²) >= 11 is 0. The number of nitrogens with two attached hydrogens (primary N) is 1. The van der Waals surface area contributed by atoms with Crippen LogP contribution in [0.25, 0.3) is 0 Å². The van der Waals surface area contributed by atoms with Crippen LogP contribution in [0, 0.1) is 12.8 Å². The Morgan fingerprint density at radius 2 is 1.88 bits per heavy atom. The molecule has 1 rings (SSSR count). The lowest BCUT2D eigenvalue weighted by molar-refractivity contribution is 0.557. The Morgan fingerprint density at radius 1 is 1.24 bits per heavy atom. The third-order valence-electron chi connectivity index (χ3n) is 3.07. The number of anilines is 2. The van der Waals surface area contributed by atoms with Gasteiger partial charge in [0.2, 0.25) is 0 Å². The minimum atomic E-state index is 0.373. The van der Waals surface area contributed by atoms with Crippen molar-refractivity contribution < 1.29 is 0 Å². The predicted molar refractivity (Wildman–Crippen MR) is 73.1 cm³/mol. The Morgan fingerprint density at radius 3 is 2.41 bits per heavy atom. The molecule has 0 aliphatic rings. The molecule has 1 heterocycles. The Kier molecular flexibility index (Phi) is 4.73. The third-order valence-corrected chi connectivity index (χ3v) is 3.07. The van der Waals surface area contributed by atoms with Crippen LogP contribution in [0.1, 0.15) is 45.5 Å². The molecule has 1 aromatic rings. The van der Waals surface area contributed by atoms with E-state index in [1.54, 1.807) is 0 Å².